The average Bonchev–Trinajstić information content (AvgIpc) is 2.69. The highest BCUT2D eigenvalue weighted by molar-refractivity contribution is 8.00. The number of anilines is 1. The number of carbonyl (C=O) groups excluding carboxylic acids is 1. The van der Waals surface area contributed by atoms with Gasteiger partial charge in [0.1, 0.15) is 4.90 Å². The van der Waals surface area contributed by atoms with Gasteiger partial charge in [0.25, 0.3) is 0 Å². The molecule has 29 heavy (non-hydrogen) atoms. The highest BCUT2D eigenvalue weighted by Gasteiger charge is 2.22. The lowest BCUT2D eigenvalue weighted by Crippen LogP contribution is -2.24. The molecule has 3 aromatic rings. The number of carbonyl (C=O) groups is 1. The van der Waals surface area contributed by atoms with E-state index in [0.29, 0.717) is 5.69 Å². The van der Waals surface area contributed by atoms with Crippen molar-refractivity contribution in [3.63, 3.8) is 0 Å². The van der Waals surface area contributed by atoms with Gasteiger partial charge in [-0.2, -0.15) is 0 Å². The lowest BCUT2D eigenvalue weighted by atomic mass is 10.2. The summed E-state index contributed by atoms with van der Waals surface area (Å²) in [5.74, 6) is -0.244. The number of amides is 1. The third kappa shape index (κ3) is 4.72. The van der Waals surface area contributed by atoms with E-state index in [9.17, 15) is 13.2 Å². The second-order valence-electron chi connectivity index (χ2n) is 6.51. The summed E-state index contributed by atoms with van der Waals surface area (Å²) in [4.78, 5) is 17.9. The molecular weight excluding hydrogens is 430 g/mol. The number of hydrogen-bond acceptors (Lipinski definition) is 5. The molecule has 0 saturated carbocycles. The number of nitrogens with one attached hydrogen (secondary N) is 1. The second-order valence-corrected chi connectivity index (χ2v) is 10.4. The first-order valence-corrected chi connectivity index (χ1v) is 11.4. The number of benzene rings is 2. The van der Waals surface area contributed by atoms with Crippen LogP contribution in [0.5, 0.6) is 0 Å². The molecule has 1 amide bonds. The molecule has 0 aliphatic carbocycles. The van der Waals surface area contributed by atoms with Gasteiger partial charge in [-0.3, -0.25) is 9.78 Å². The monoisotopic (exact) mass is 449 g/mol. The Balaban J connectivity index is 1.80. The zero-order chi connectivity index (χ0) is 21.2. The number of fused-ring (bicyclic) bond motifs is 1. The van der Waals surface area contributed by atoms with E-state index in [1.165, 1.54) is 38.0 Å². The predicted octanol–water partition coefficient (Wildman–Crippen LogP) is 4.26. The van der Waals surface area contributed by atoms with Gasteiger partial charge in [0.15, 0.2) is 0 Å². The maximum absolute atomic E-state index is 12.7. The van der Waals surface area contributed by atoms with Crippen molar-refractivity contribution in [2.24, 2.45) is 0 Å². The highest BCUT2D eigenvalue weighted by Crippen LogP contribution is 2.31. The molecule has 1 atom stereocenters. The minimum Gasteiger partial charge on any atom is -0.325 e. The number of para-hydroxylation sites is 1. The fourth-order valence-electron chi connectivity index (χ4n) is 2.64. The molecule has 0 aliphatic rings. The number of thioether (sulfide) groups is 1. The fourth-order valence-corrected chi connectivity index (χ4v) is 5.02. The van der Waals surface area contributed by atoms with Gasteiger partial charge in [-0.25, -0.2) is 12.7 Å². The molecule has 0 aliphatic heterocycles. The zero-order valence-corrected chi connectivity index (χ0v) is 18.5. The summed E-state index contributed by atoms with van der Waals surface area (Å²) in [6, 6.07) is 14.0. The first-order valence-electron chi connectivity index (χ1n) is 8.73. The van der Waals surface area contributed by atoms with Crippen molar-refractivity contribution >= 4 is 55.9 Å². The molecule has 0 spiro atoms. The molecule has 0 radical (unpaired) electrons. The summed E-state index contributed by atoms with van der Waals surface area (Å²) in [6.07, 6.45) is 1.72. The number of hydrogen-bond donors (Lipinski definition) is 1. The molecule has 152 valence electrons. The summed E-state index contributed by atoms with van der Waals surface area (Å²) in [5.41, 5.74) is 1.23. The first kappa shape index (κ1) is 21.6. The lowest BCUT2D eigenvalue weighted by Gasteiger charge is -2.16. The average molecular weight is 450 g/mol. The van der Waals surface area contributed by atoms with Gasteiger partial charge in [0, 0.05) is 36.3 Å². The molecule has 1 heterocycles. The number of pyridine rings is 1. The second kappa shape index (κ2) is 8.71. The van der Waals surface area contributed by atoms with Crippen molar-refractivity contribution in [3.8, 4) is 0 Å². The molecule has 0 bridgehead atoms. The van der Waals surface area contributed by atoms with Crippen molar-refractivity contribution in [3.05, 3.63) is 59.8 Å². The van der Waals surface area contributed by atoms with E-state index in [4.69, 9.17) is 11.6 Å². The molecule has 9 heteroatoms. The predicted molar refractivity (Wildman–Crippen MR) is 118 cm³/mol. The largest absolute Gasteiger partial charge is 0.325 e. The first-order chi connectivity index (χ1) is 13.7. The third-order valence-electron chi connectivity index (χ3n) is 4.24. The van der Waals surface area contributed by atoms with Crippen LogP contribution in [-0.4, -0.2) is 43.0 Å². The van der Waals surface area contributed by atoms with E-state index in [1.807, 2.05) is 30.3 Å². The van der Waals surface area contributed by atoms with E-state index < -0.39 is 15.3 Å². The van der Waals surface area contributed by atoms with Crippen LogP contribution in [-0.2, 0) is 14.8 Å². The van der Waals surface area contributed by atoms with Crippen molar-refractivity contribution in [1.82, 2.24) is 9.29 Å². The molecule has 1 unspecified atom stereocenters. The quantitative estimate of drug-likeness (QED) is 0.569. The Hall–Kier alpha value is -2.13. The Morgan fingerprint density at radius 3 is 2.62 bits per heavy atom. The molecular formula is C20H20ClN3O3S2. The van der Waals surface area contributed by atoms with Crippen molar-refractivity contribution < 1.29 is 13.2 Å². The Labute approximate surface area is 179 Å². The SMILES string of the molecule is CC(Sc1ccnc2ccccc12)C(=O)Nc1ccc(Cl)c(S(=O)(=O)N(C)C)c1. The van der Waals surface area contributed by atoms with Crippen LogP contribution < -0.4 is 5.32 Å². The molecule has 0 saturated heterocycles. The Kier molecular flexibility index (Phi) is 6.48. The Morgan fingerprint density at radius 2 is 1.90 bits per heavy atom. The smallest absolute Gasteiger partial charge is 0.244 e. The minimum absolute atomic E-state index is 0.0533. The van der Waals surface area contributed by atoms with Crippen LogP contribution in [0.15, 0.2) is 64.5 Å². The molecule has 6 nitrogen and oxygen atoms in total. The number of halogens is 1. The van der Waals surface area contributed by atoms with Gasteiger partial charge < -0.3 is 5.32 Å². The van der Waals surface area contributed by atoms with Crippen LogP contribution in [0.2, 0.25) is 5.02 Å². The molecule has 3 rings (SSSR count). The van der Waals surface area contributed by atoms with Gasteiger partial charge in [0.05, 0.1) is 15.8 Å². The standard InChI is InChI=1S/C20H20ClN3O3S2/c1-13(28-18-10-11-22-17-7-5-4-6-15(17)18)20(25)23-14-8-9-16(21)19(12-14)29(26,27)24(2)3/h4-13H,1-3H3,(H,23,25). The molecule has 0 fully saturated rings. The van der Waals surface area contributed by atoms with Crippen molar-refractivity contribution in [2.45, 2.75) is 22.0 Å². The maximum atomic E-state index is 12.7. The van der Waals surface area contributed by atoms with Crippen LogP contribution in [0.1, 0.15) is 6.92 Å². The topological polar surface area (TPSA) is 79.4 Å². The minimum atomic E-state index is -3.72. The van der Waals surface area contributed by atoms with Gasteiger partial charge in [-0.05, 0) is 37.3 Å². The Morgan fingerprint density at radius 1 is 1.17 bits per heavy atom. The van der Waals surface area contributed by atoms with Gasteiger partial charge in [0.2, 0.25) is 15.9 Å². The summed E-state index contributed by atoms with van der Waals surface area (Å²) in [5, 5.41) is 3.44. The van der Waals surface area contributed by atoms with Crippen LogP contribution in [0, 0.1) is 0 Å². The maximum Gasteiger partial charge on any atom is 0.244 e. The lowest BCUT2D eigenvalue weighted by molar-refractivity contribution is -0.115. The van der Waals surface area contributed by atoms with Gasteiger partial charge in [-0.1, -0.05) is 29.8 Å². The fraction of sp³-hybridized carbons (Fsp3) is 0.200. The van der Waals surface area contributed by atoms with Crippen LogP contribution in [0.4, 0.5) is 5.69 Å². The van der Waals surface area contributed by atoms with E-state index in [1.54, 1.807) is 19.2 Å². The molecule has 1 aromatic heterocycles. The highest BCUT2D eigenvalue weighted by atomic mass is 35.5. The van der Waals surface area contributed by atoms with Gasteiger partial charge >= 0.3 is 0 Å². The molecule has 1 N–H and O–H groups in total. The van der Waals surface area contributed by atoms with Crippen molar-refractivity contribution in [1.29, 1.82) is 0 Å². The zero-order valence-electron chi connectivity index (χ0n) is 16.1. The van der Waals surface area contributed by atoms with Crippen LogP contribution in [0.3, 0.4) is 0 Å². The summed E-state index contributed by atoms with van der Waals surface area (Å²) in [6.45, 7) is 1.79. The van der Waals surface area contributed by atoms with E-state index in [0.717, 1.165) is 20.1 Å². The number of nitrogens with zero attached hydrogens (tertiary/aromatic N) is 2. The van der Waals surface area contributed by atoms with Crippen LogP contribution >= 0.6 is 23.4 Å². The summed E-state index contributed by atoms with van der Waals surface area (Å²) < 4.78 is 25.9. The van der Waals surface area contributed by atoms with Crippen molar-refractivity contribution in [2.75, 3.05) is 19.4 Å². The number of sulfonamides is 1. The van der Waals surface area contributed by atoms with Crippen LogP contribution in [0.25, 0.3) is 10.9 Å². The Bertz CT molecular complexity index is 1160. The van der Waals surface area contributed by atoms with Gasteiger partial charge in [-0.15, -0.1) is 11.8 Å². The third-order valence-corrected chi connectivity index (χ3v) is 7.71. The van der Waals surface area contributed by atoms with E-state index in [-0.39, 0.29) is 15.8 Å². The normalized spacial score (nSPS) is 12.9. The molecule has 2 aromatic carbocycles. The van der Waals surface area contributed by atoms with E-state index >= 15 is 0 Å². The van der Waals surface area contributed by atoms with E-state index in [2.05, 4.69) is 10.3 Å². The summed E-state index contributed by atoms with van der Waals surface area (Å²) in [7, 11) is -0.871. The number of rotatable bonds is 6. The number of aromatic nitrogens is 1. The summed E-state index contributed by atoms with van der Waals surface area (Å²) >= 11 is 7.47.